The molecule has 3 aromatic carbocycles. The summed E-state index contributed by atoms with van der Waals surface area (Å²) in [5, 5.41) is 1.29. The molecule has 0 radical (unpaired) electrons. The van der Waals surface area contributed by atoms with Gasteiger partial charge in [0.05, 0.1) is 17.4 Å². The molecule has 0 N–H and O–H groups in total. The van der Waals surface area contributed by atoms with E-state index in [9.17, 15) is 0 Å². The number of benzene rings is 3. The molecule has 7 aliphatic carbocycles. The highest BCUT2D eigenvalue weighted by Crippen LogP contribution is 2.62. The lowest BCUT2D eigenvalue weighted by atomic mass is 9.31. The molecular weight excluding hydrogens is 932 g/mol. The fourth-order valence-corrected chi connectivity index (χ4v) is 17.6. The van der Waals surface area contributed by atoms with Crippen molar-refractivity contribution in [1.29, 1.82) is 0 Å². The molecule has 3 nitrogen and oxygen atoms in total. The van der Waals surface area contributed by atoms with Crippen LogP contribution in [0.3, 0.4) is 0 Å². The first-order valence-corrected chi connectivity index (χ1v) is 30.6. The lowest BCUT2D eigenvalue weighted by Crippen LogP contribution is -2.57. The van der Waals surface area contributed by atoms with Crippen LogP contribution in [0, 0.1) is 22.7 Å². The summed E-state index contributed by atoms with van der Waals surface area (Å²) in [6.07, 6.45) is 24.2. The number of anilines is 3. The van der Waals surface area contributed by atoms with Crippen LogP contribution in [0.1, 0.15) is 241 Å². The minimum Gasteiger partial charge on any atom is -0.468 e. The van der Waals surface area contributed by atoms with Crippen LogP contribution in [0.5, 0.6) is 0 Å². The topological polar surface area (TPSA) is 19.6 Å². The molecule has 4 unspecified atom stereocenters. The number of nitrogens with zero attached hydrogens (tertiary/aromatic N) is 2. The Morgan fingerprint density at radius 2 is 1.14 bits per heavy atom. The fourth-order valence-electron chi connectivity index (χ4n) is 17.6. The third-order valence-electron chi connectivity index (χ3n) is 23.2. The molecule has 404 valence electrons. The minimum atomic E-state index is -0.0146. The van der Waals surface area contributed by atoms with Gasteiger partial charge in [0.15, 0.2) is 0 Å². The van der Waals surface area contributed by atoms with E-state index in [0.717, 1.165) is 24.1 Å². The highest BCUT2D eigenvalue weighted by Gasteiger charge is 2.56. The minimum absolute atomic E-state index is 0.0146. The fraction of sp³-hybridized carbons (Fsp3) is 0.562. The van der Waals surface area contributed by atoms with Gasteiger partial charge >= 0.3 is 0 Å². The normalized spacial score (nSPS) is 29.0. The van der Waals surface area contributed by atoms with E-state index >= 15 is 0 Å². The van der Waals surface area contributed by atoms with Crippen LogP contribution in [-0.2, 0) is 32.5 Å². The van der Waals surface area contributed by atoms with Crippen molar-refractivity contribution in [3.63, 3.8) is 0 Å². The van der Waals surface area contributed by atoms with E-state index in [-0.39, 0.29) is 62.0 Å². The largest absolute Gasteiger partial charge is 0.468 e. The van der Waals surface area contributed by atoms with E-state index in [4.69, 9.17) is 4.42 Å². The summed E-state index contributed by atoms with van der Waals surface area (Å²) in [6, 6.07) is 18.5. The van der Waals surface area contributed by atoms with Crippen molar-refractivity contribution in [3.05, 3.63) is 151 Å². The highest BCUT2D eigenvalue weighted by molar-refractivity contribution is 6.88. The third kappa shape index (κ3) is 7.46. The molecule has 4 heteroatoms. The van der Waals surface area contributed by atoms with Crippen LogP contribution in [0.15, 0.2) is 116 Å². The molecule has 2 aliphatic heterocycles. The zero-order valence-corrected chi connectivity index (χ0v) is 51.2. The molecular formula is C73H93BN2O. The standard InChI is InChI=1S/C73H93BN2O/c1-42-33-59-63-60(34-42)76(57-39-53-50(68(8,9)27-30-71(53,14)15)36-46(57)62-43(2)21-20-22-44(62)3)58-40-54-52(70(12,13)29-31-72(54,16)17)38-56(58)74(63)65-64(47-37-51-55(41-61(47)77-65)73(18,19)32-28-69(51,10)11)75(59)45-23-24-48-49(35-45)67(6,7)26-25-66(48,4)5/h20-24,34-39,41,43,54,59,62H,25-33,40H2,1-19H3. The van der Waals surface area contributed by atoms with Gasteiger partial charge in [-0.1, -0.05) is 171 Å². The van der Waals surface area contributed by atoms with Crippen LogP contribution in [0.2, 0.25) is 0 Å². The summed E-state index contributed by atoms with van der Waals surface area (Å²) < 4.78 is 7.92. The van der Waals surface area contributed by atoms with Gasteiger partial charge in [0, 0.05) is 34.1 Å². The summed E-state index contributed by atoms with van der Waals surface area (Å²) in [6.45, 7) is 47.6. The smallest absolute Gasteiger partial charge is 0.292 e. The summed E-state index contributed by atoms with van der Waals surface area (Å²) in [4.78, 5) is 5.78. The number of rotatable bonds is 3. The Hall–Kier alpha value is -4.70. The van der Waals surface area contributed by atoms with Gasteiger partial charge in [-0.15, -0.1) is 0 Å². The molecule has 9 aliphatic rings. The van der Waals surface area contributed by atoms with E-state index in [0.29, 0.717) is 11.8 Å². The third-order valence-corrected chi connectivity index (χ3v) is 23.2. The van der Waals surface area contributed by atoms with Crippen LogP contribution < -0.4 is 15.5 Å². The van der Waals surface area contributed by atoms with Crippen molar-refractivity contribution < 1.29 is 4.42 Å². The Morgan fingerprint density at radius 1 is 0.584 bits per heavy atom. The SMILES string of the molecule is CC1=CC2=C3B(C4=C(CC5C(=C4)C(C)(C)CCC5(C)C)N2c2cc4c(cc2C2C(C)=CC=CC2C)C(C)(C)CCC4(C)C)c2oc4cc5c(cc4c2N(c2ccc4c(c2)C(C)(C)CCC4(C)C)C3C1)C(C)(C)CCC5(C)C. The molecule has 0 saturated heterocycles. The predicted octanol–water partition coefficient (Wildman–Crippen LogP) is 19.2. The molecule has 4 aromatic rings. The Kier molecular flexibility index (Phi) is 10.9. The van der Waals surface area contributed by atoms with Gasteiger partial charge in [-0.2, -0.15) is 0 Å². The number of hydrogen-bond donors (Lipinski definition) is 0. The molecule has 13 rings (SSSR count). The average molecular weight is 1030 g/mol. The van der Waals surface area contributed by atoms with Gasteiger partial charge in [-0.05, 0) is 220 Å². The molecule has 4 atom stereocenters. The van der Waals surface area contributed by atoms with Gasteiger partial charge in [0.2, 0.25) is 0 Å². The van der Waals surface area contributed by atoms with Crippen LogP contribution in [0.4, 0.5) is 17.1 Å². The van der Waals surface area contributed by atoms with Crippen molar-refractivity contribution >= 4 is 40.4 Å². The maximum atomic E-state index is 7.92. The predicted molar refractivity (Wildman–Crippen MR) is 329 cm³/mol. The van der Waals surface area contributed by atoms with E-state index in [1.54, 1.807) is 16.7 Å². The zero-order chi connectivity index (χ0) is 54.9. The number of furan rings is 1. The first kappa shape index (κ1) is 51.7. The number of allylic oxidation sites excluding steroid dienone is 9. The lowest BCUT2D eigenvalue weighted by Gasteiger charge is -2.55. The second-order valence-corrected chi connectivity index (χ2v) is 32.2. The molecule has 1 aromatic heterocycles. The van der Waals surface area contributed by atoms with Gasteiger partial charge in [-0.3, -0.25) is 0 Å². The van der Waals surface area contributed by atoms with Gasteiger partial charge < -0.3 is 14.2 Å². The Bertz CT molecular complexity index is 3450. The van der Waals surface area contributed by atoms with Crippen molar-refractivity contribution in [2.75, 3.05) is 9.80 Å². The summed E-state index contributed by atoms with van der Waals surface area (Å²) in [5.41, 5.74) is 28.1. The second-order valence-electron chi connectivity index (χ2n) is 32.2. The van der Waals surface area contributed by atoms with E-state index in [1.165, 1.54) is 135 Å². The molecule has 77 heavy (non-hydrogen) atoms. The first-order chi connectivity index (χ1) is 35.8. The number of fused-ring (bicyclic) bond motifs is 9. The molecule has 0 bridgehead atoms. The first-order valence-electron chi connectivity index (χ1n) is 30.6. The van der Waals surface area contributed by atoms with E-state index < -0.39 is 0 Å². The van der Waals surface area contributed by atoms with Crippen LogP contribution in [-0.4, -0.2) is 12.8 Å². The zero-order valence-electron chi connectivity index (χ0n) is 51.2. The van der Waals surface area contributed by atoms with Gasteiger partial charge in [-0.25, -0.2) is 0 Å². The lowest BCUT2D eigenvalue weighted by molar-refractivity contribution is 0.121. The van der Waals surface area contributed by atoms with E-state index in [2.05, 4.69) is 214 Å². The van der Waals surface area contributed by atoms with Crippen molar-refractivity contribution in [3.8, 4) is 0 Å². The summed E-state index contributed by atoms with van der Waals surface area (Å²) >= 11 is 0. The monoisotopic (exact) mass is 1020 g/mol. The van der Waals surface area contributed by atoms with Gasteiger partial charge in [0.25, 0.3) is 6.71 Å². The Labute approximate surface area is 466 Å². The summed E-state index contributed by atoms with van der Waals surface area (Å²) in [7, 11) is 0. The van der Waals surface area contributed by atoms with Crippen LogP contribution in [0.25, 0.3) is 11.0 Å². The van der Waals surface area contributed by atoms with Crippen molar-refractivity contribution in [1.82, 2.24) is 0 Å². The van der Waals surface area contributed by atoms with Crippen molar-refractivity contribution in [2.45, 2.75) is 240 Å². The Balaban J connectivity index is 1.17. The molecule has 0 amide bonds. The number of hydrogen-bond acceptors (Lipinski definition) is 3. The second kappa shape index (κ2) is 16.2. The molecule has 1 fully saturated rings. The molecule has 0 spiro atoms. The van der Waals surface area contributed by atoms with Crippen LogP contribution >= 0.6 is 0 Å². The van der Waals surface area contributed by atoms with Crippen molar-refractivity contribution in [2.24, 2.45) is 22.7 Å². The maximum Gasteiger partial charge on any atom is 0.292 e. The summed E-state index contributed by atoms with van der Waals surface area (Å²) in [5.74, 6) is 1.07. The highest BCUT2D eigenvalue weighted by atomic mass is 16.3. The van der Waals surface area contributed by atoms with E-state index in [1.807, 2.05) is 0 Å². The molecule has 1 saturated carbocycles. The molecule has 3 heterocycles. The average Bonchev–Trinajstić information content (AvgIpc) is 4.02. The van der Waals surface area contributed by atoms with Gasteiger partial charge in [0.1, 0.15) is 5.58 Å². The maximum absolute atomic E-state index is 7.92. The quantitative estimate of drug-likeness (QED) is 0.191. The Morgan fingerprint density at radius 3 is 1.77 bits per heavy atom.